The van der Waals surface area contributed by atoms with E-state index in [1.165, 1.54) is 16.9 Å². The fourth-order valence-corrected chi connectivity index (χ4v) is 3.16. The van der Waals surface area contributed by atoms with Crippen LogP contribution in [-0.4, -0.2) is 32.5 Å². The topological polar surface area (TPSA) is 65.0 Å². The van der Waals surface area contributed by atoms with Crippen molar-refractivity contribution < 1.29 is 14.2 Å². The number of ether oxygens (including phenoxy) is 3. The van der Waals surface area contributed by atoms with Crippen molar-refractivity contribution in [1.82, 2.24) is 4.98 Å². The third-order valence-electron chi connectivity index (χ3n) is 3.95. The Labute approximate surface area is 162 Å². The van der Waals surface area contributed by atoms with Gasteiger partial charge in [0.1, 0.15) is 5.75 Å². The van der Waals surface area contributed by atoms with Crippen LogP contribution in [0.2, 0.25) is 0 Å². The lowest BCUT2D eigenvalue weighted by atomic mass is 10.1. The highest BCUT2D eigenvalue weighted by atomic mass is 32.1. The zero-order chi connectivity index (χ0) is 19.2. The second kappa shape index (κ2) is 8.55. The molecule has 140 valence electrons. The lowest BCUT2D eigenvalue weighted by Crippen LogP contribution is -1.98. The van der Waals surface area contributed by atoms with Gasteiger partial charge in [0.15, 0.2) is 11.5 Å². The molecule has 0 spiro atoms. The van der Waals surface area contributed by atoms with Crippen molar-refractivity contribution in [3.8, 4) is 28.5 Å². The number of methoxy groups -OCH3 is 3. The molecule has 3 aromatic rings. The highest BCUT2D eigenvalue weighted by molar-refractivity contribution is 7.14. The second-order valence-corrected chi connectivity index (χ2v) is 6.58. The molecule has 3 rings (SSSR count). The maximum atomic E-state index is 5.39. The summed E-state index contributed by atoms with van der Waals surface area (Å²) in [6.45, 7) is 2.06. The first-order valence-corrected chi connectivity index (χ1v) is 9.14. The minimum atomic E-state index is 0.599. The molecular weight excluding hydrogens is 362 g/mol. The van der Waals surface area contributed by atoms with Crippen molar-refractivity contribution in [3.63, 3.8) is 0 Å². The number of benzene rings is 2. The van der Waals surface area contributed by atoms with E-state index in [1.807, 2.05) is 11.4 Å². The molecule has 7 heteroatoms. The number of aromatic nitrogens is 1. The van der Waals surface area contributed by atoms with Gasteiger partial charge in [0.25, 0.3) is 0 Å². The number of hydrogen-bond donors (Lipinski definition) is 1. The summed E-state index contributed by atoms with van der Waals surface area (Å²) < 4.78 is 16.0. The van der Waals surface area contributed by atoms with Gasteiger partial charge in [-0.05, 0) is 13.0 Å². The largest absolute Gasteiger partial charge is 0.496 e. The van der Waals surface area contributed by atoms with Gasteiger partial charge in [-0.3, -0.25) is 5.43 Å². The van der Waals surface area contributed by atoms with E-state index in [0.717, 1.165) is 16.8 Å². The summed E-state index contributed by atoms with van der Waals surface area (Å²) in [6.07, 6.45) is 1.66. The summed E-state index contributed by atoms with van der Waals surface area (Å²) in [5.41, 5.74) is 6.94. The van der Waals surface area contributed by atoms with Crippen LogP contribution in [0.25, 0.3) is 11.3 Å². The number of aryl methyl sites for hydroxylation is 1. The second-order valence-electron chi connectivity index (χ2n) is 5.72. The van der Waals surface area contributed by atoms with Crippen molar-refractivity contribution in [2.45, 2.75) is 6.92 Å². The Hall–Kier alpha value is -3.06. The zero-order valence-corrected chi connectivity index (χ0v) is 16.5. The Morgan fingerprint density at radius 1 is 0.963 bits per heavy atom. The van der Waals surface area contributed by atoms with E-state index in [0.29, 0.717) is 22.4 Å². The summed E-state index contributed by atoms with van der Waals surface area (Å²) in [5, 5.41) is 6.98. The molecule has 0 bridgehead atoms. The maximum absolute atomic E-state index is 5.39. The van der Waals surface area contributed by atoms with Gasteiger partial charge in [-0.2, -0.15) is 5.10 Å². The first-order chi connectivity index (χ1) is 13.1. The Morgan fingerprint density at radius 2 is 1.63 bits per heavy atom. The van der Waals surface area contributed by atoms with Crippen molar-refractivity contribution >= 4 is 22.7 Å². The smallest absolute Gasteiger partial charge is 0.203 e. The molecule has 27 heavy (non-hydrogen) atoms. The molecule has 0 fully saturated rings. The number of hydrogen-bond acceptors (Lipinski definition) is 7. The van der Waals surface area contributed by atoms with E-state index in [9.17, 15) is 0 Å². The molecule has 0 saturated heterocycles. The highest BCUT2D eigenvalue weighted by Gasteiger charge is 2.10. The highest BCUT2D eigenvalue weighted by Crippen LogP contribution is 2.33. The number of nitrogens with zero attached hydrogens (tertiary/aromatic N) is 2. The summed E-state index contributed by atoms with van der Waals surface area (Å²) in [5.74, 6) is 1.84. The van der Waals surface area contributed by atoms with Crippen molar-refractivity contribution in [1.29, 1.82) is 0 Å². The summed E-state index contributed by atoms with van der Waals surface area (Å²) >= 11 is 1.50. The molecule has 6 nitrogen and oxygen atoms in total. The minimum absolute atomic E-state index is 0.599. The molecule has 0 atom stereocenters. The third-order valence-corrected chi connectivity index (χ3v) is 4.70. The summed E-state index contributed by atoms with van der Waals surface area (Å²) in [6, 6.07) is 11.8. The van der Waals surface area contributed by atoms with Crippen LogP contribution in [0.4, 0.5) is 5.13 Å². The molecule has 2 aromatic carbocycles. The van der Waals surface area contributed by atoms with Crippen LogP contribution in [0.1, 0.15) is 11.1 Å². The van der Waals surface area contributed by atoms with E-state index in [2.05, 4.69) is 46.7 Å². The number of nitrogens with one attached hydrogen (secondary N) is 1. The normalized spacial score (nSPS) is 10.8. The molecule has 0 amide bonds. The number of thiazole rings is 1. The average Bonchev–Trinajstić information content (AvgIpc) is 3.17. The number of rotatable bonds is 7. The zero-order valence-electron chi connectivity index (χ0n) is 15.6. The van der Waals surface area contributed by atoms with Gasteiger partial charge >= 0.3 is 0 Å². The molecule has 0 saturated carbocycles. The van der Waals surface area contributed by atoms with Crippen LogP contribution in [-0.2, 0) is 0 Å². The van der Waals surface area contributed by atoms with Gasteiger partial charge in [0.05, 0.1) is 33.2 Å². The van der Waals surface area contributed by atoms with Crippen LogP contribution in [0.3, 0.4) is 0 Å². The predicted molar refractivity (Wildman–Crippen MR) is 110 cm³/mol. The molecular formula is C20H21N3O3S. The molecule has 1 heterocycles. The van der Waals surface area contributed by atoms with Gasteiger partial charge in [-0.15, -0.1) is 11.3 Å². The first-order valence-electron chi connectivity index (χ1n) is 8.26. The standard InChI is InChI=1S/C20H21N3O3S/c1-13-5-7-14(8-6-13)16-12-27-20(22-16)23-21-11-15-9-18(25-3)19(26-4)10-17(15)24-2/h5-12H,1-4H3,(H,22,23)/b21-11-. The Bertz CT molecular complexity index is 936. The molecule has 0 radical (unpaired) electrons. The van der Waals surface area contributed by atoms with Crippen LogP contribution < -0.4 is 19.6 Å². The predicted octanol–water partition coefficient (Wildman–Crippen LogP) is 4.59. The fourth-order valence-electron chi connectivity index (χ4n) is 2.49. The van der Waals surface area contributed by atoms with Crippen LogP contribution in [0.5, 0.6) is 17.2 Å². The molecule has 1 aromatic heterocycles. The fraction of sp³-hybridized carbons (Fsp3) is 0.200. The van der Waals surface area contributed by atoms with Gasteiger partial charge in [-0.1, -0.05) is 29.8 Å². The number of hydrazone groups is 1. The van der Waals surface area contributed by atoms with E-state index < -0.39 is 0 Å². The van der Waals surface area contributed by atoms with Crippen molar-refractivity contribution in [3.05, 3.63) is 52.9 Å². The molecule has 1 N–H and O–H groups in total. The van der Waals surface area contributed by atoms with Gasteiger partial charge in [0.2, 0.25) is 5.13 Å². The van der Waals surface area contributed by atoms with Gasteiger partial charge in [-0.25, -0.2) is 4.98 Å². The minimum Gasteiger partial charge on any atom is -0.496 e. The van der Waals surface area contributed by atoms with Crippen molar-refractivity contribution in [2.24, 2.45) is 5.10 Å². The van der Waals surface area contributed by atoms with Crippen LogP contribution in [0, 0.1) is 6.92 Å². The van der Waals surface area contributed by atoms with E-state index >= 15 is 0 Å². The molecule has 0 unspecified atom stereocenters. The maximum Gasteiger partial charge on any atom is 0.203 e. The van der Waals surface area contributed by atoms with Gasteiger partial charge in [0, 0.05) is 22.6 Å². The Kier molecular flexibility index (Phi) is 5.93. The Balaban J connectivity index is 1.75. The van der Waals surface area contributed by atoms with Crippen LogP contribution >= 0.6 is 11.3 Å². The average molecular weight is 383 g/mol. The summed E-state index contributed by atoms with van der Waals surface area (Å²) in [4.78, 5) is 4.56. The van der Waals surface area contributed by atoms with E-state index in [-0.39, 0.29) is 0 Å². The van der Waals surface area contributed by atoms with Crippen LogP contribution in [0.15, 0.2) is 46.9 Å². The first kappa shape index (κ1) is 18.7. The summed E-state index contributed by atoms with van der Waals surface area (Å²) in [7, 11) is 4.77. The Morgan fingerprint density at radius 3 is 2.30 bits per heavy atom. The molecule has 0 aliphatic rings. The monoisotopic (exact) mass is 383 g/mol. The SMILES string of the molecule is COc1cc(OC)c(OC)cc1/C=N\Nc1nc(-c2ccc(C)cc2)cs1. The van der Waals surface area contributed by atoms with Gasteiger partial charge < -0.3 is 14.2 Å². The molecule has 0 aliphatic carbocycles. The van der Waals surface area contributed by atoms with E-state index in [4.69, 9.17) is 14.2 Å². The quantitative estimate of drug-likeness (QED) is 0.477. The lowest BCUT2D eigenvalue weighted by Gasteiger charge is -2.11. The molecule has 0 aliphatic heterocycles. The third kappa shape index (κ3) is 4.38. The number of anilines is 1. The van der Waals surface area contributed by atoms with E-state index in [1.54, 1.807) is 33.6 Å². The lowest BCUT2D eigenvalue weighted by molar-refractivity contribution is 0.349. The van der Waals surface area contributed by atoms with Crippen molar-refractivity contribution in [2.75, 3.05) is 26.8 Å².